The molecule has 1 aliphatic carbocycles. The quantitative estimate of drug-likeness (QED) is 0.332. The summed E-state index contributed by atoms with van der Waals surface area (Å²) in [6.07, 6.45) is 10.2. The Hall–Kier alpha value is 0.320. The smallest absolute Gasteiger partial charge is 0.0363 e. The van der Waals surface area contributed by atoms with Crippen LogP contribution in [0.3, 0.4) is 0 Å². The number of piperidine rings is 2. The molecule has 0 radical (unpaired) electrons. The number of halogens is 2. The minimum atomic E-state index is 0.618. The Bertz CT molecular complexity index is 668. The number of hydrazine groups is 1. The average molecular weight is 637 g/mol. The van der Waals surface area contributed by atoms with Crippen molar-refractivity contribution in [2.45, 2.75) is 82.5 Å². The van der Waals surface area contributed by atoms with Crippen LogP contribution in [0.5, 0.6) is 0 Å². The number of hydrogen-bond donors (Lipinski definition) is 3. The van der Waals surface area contributed by atoms with Gasteiger partial charge in [-0.25, -0.2) is 5.01 Å². The maximum Gasteiger partial charge on any atom is 0.0363 e. The summed E-state index contributed by atoms with van der Waals surface area (Å²) in [5, 5.41) is 9.80. The van der Waals surface area contributed by atoms with Crippen LogP contribution in [0.4, 0.5) is 5.69 Å². The summed E-state index contributed by atoms with van der Waals surface area (Å²) in [4.78, 5) is 2.73. The Balaban J connectivity index is 1.17. The summed E-state index contributed by atoms with van der Waals surface area (Å²) < 4.78 is 2.72. The predicted octanol–water partition coefficient (Wildman–Crippen LogP) is 4.32. The summed E-state index contributed by atoms with van der Waals surface area (Å²) in [5.41, 5.74) is 2.68. The van der Waals surface area contributed by atoms with Gasteiger partial charge in [0, 0.05) is 50.1 Å². The summed E-state index contributed by atoms with van der Waals surface area (Å²) in [5.74, 6) is 5.92. The molecule has 4 rings (SSSR count). The Labute approximate surface area is 209 Å². The second kappa shape index (κ2) is 11.0. The highest BCUT2D eigenvalue weighted by molar-refractivity contribution is 14.1. The highest BCUT2D eigenvalue weighted by Gasteiger charge is 2.29. The molecule has 1 saturated carbocycles. The van der Waals surface area contributed by atoms with Crippen LogP contribution < -0.4 is 16.5 Å². The van der Waals surface area contributed by atoms with Crippen molar-refractivity contribution in [3.05, 3.63) is 24.8 Å². The minimum Gasteiger partial charge on any atom is -0.382 e. The SMILES string of the molecule is Cc1c(I)cc(NC2CCC(NC3CCN(C4CCN(N)CC4)CC3)CC2)cc1I. The van der Waals surface area contributed by atoms with Crippen molar-refractivity contribution in [2.24, 2.45) is 5.84 Å². The van der Waals surface area contributed by atoms with E-state index in [-0.39, 0.29) is 0 Å². The van der Waals surface area contributed by atoms with Crippen LogP contribution in [0.1, 0.15) is 56.9 Å². The number of likely N-dealkylation sites (tertiary alicyclic amines) is 1. The van der Waals surface area contributed by atoms with Crippen LogP contribution in [0.2, 0.25) is 0 Å². The summed E-state index contributed by atoms with van der Waals surface area (Å²) in [7, 11) is 0. The lowest BCUT2D eigenvalue weighted by Crippen LogP contribution is -2.52. The van der Waals surface area contributed by atoms with Gasteiger partial charge in [0.05, 0.1) is 0 Å². The molecule has 30 heavy (non-hydrogen) atoms. The van der Waals surface area contributed by atoms with Crippen LogP contribution in [0.25, 0.3) is 0 Å². The van der Waals surface area contributed by atoms with Crippen molar-refractivity contribution in [3.8, 4) is 0 Å². The molecular formula is C23H37I2N5. The van der Waals surface area contributed by atoms with Crippen LogP contribution in [-0.4, -0.2) is 60.3 Å². The van der Waals surface area contributed by atoms with E-state index in [2.05, 4.69) is 79.8 Å². The Morgan fingerprint density at radius 2 is 1.33 bits per heavy atom. The molecule has 1 aromatic rings. The zero-order chi connectivity index (χ0) is 21.1. The second-order valence-electron chi connectivity index (χ2n) is 9.50. The number of nitrogens with zero attached hydrogens (tertiary/aromatic N) is 2. The van der Waals surface area contributed by atoms with Crippen LogP contribution in [-0.2, 0) is 0 Å². The van der Waals surface area contributed by atoms with Gasteiger partial charge in [0.25, 0.3) is 0 Å². The van der Waals surface area contributed by atoms with Gasteiger partial charge in [-0.1, -0.05) is 0 Å². The van der Waals surface area contributed by atoms with Crippen LogP contribution in [0.15, 0.2) is 12.1 Å². The molecular weight excluding hydrogens is 600 g/mol. The molecule has 0 bridgehead atoms. The van der Waals surface area contributed by atoms with Gasteiger partial charge in [0.2, 0.25) is 0 Å². The first-order chi connectivity index (χ1) is 14.5. The third-order valence-electron chi connectivity index (χ3n) is 7.40. The van der Waals surface area contributed by atoms with Gasteiger partial charge >= 0.3 is 0 Å². The van der Waals surface area contributed by atoms with Crippen molar-refractivity contribution in [1.29, 1.82) is 0 Å². The Morgan fingerprint density at radius 1 is 0.800 bits per heavy atom. The van der Waals surface area contributed by atoms with E-state index in [0.29, 0.717) is 18.1 Å². The number of rotatable bonds is 5. The number of benzene rings is 1. The third kappa shape index (κ3) is 6.21. The van der Waals surface area contributed by atoms with Gasteiger partial charge < -0.3 is 15.5 Å². The predicted molar refractivity (Wildman–Crippen MR) is 143 cm³/mol. The molecule has 3 fully saturated rings. The van der Waals surface area contributed by atoms with Crippen molar-refractivity contribution < 1.29 is 0 Å². The van der Waals surface area contributed by atoms with Gasteiger partial charge in [-0.05, 0) is 134 Å². The first-order valence-corrected chi connectivity index (χ1v) is 13.9. The number of hydrogen-bond acceptors (Lipinski definition) is 5. The molecule has 0 spiro atoms. The van der Waals surface area contributed by atoms with Crippen molar-refractivity contribution in [1.82, 2.24) is 15.2 Å². The molecule has 0 amide bonds. The first kappa shape index (κ1) is 23.5. The monoisotopic (exact) mass is 637 g/mol. The highest BCUT2D eigenvalue weighted by Crippen LogP contribution is 2.28. The second-order valence-corrected chi connectivity index (χ2v) is 11.8. The molecule has 7 heteroatoms. The van der Waals surface area contributed by atoms with Crippen molar-refractivity contribution in [2.75, 3.05) is 31.5 Å². The lowest BCUT2D eigenvalue weighted by molar-refractivity contribution is 0.0811. The summed E-state index contributed by atoms with van der Waals surface area (Å²) in [6, 6.07) is 7.40. The largest absolute Gasteiger partial charge is 0.382 e. The molecule has 0 atom stereocenters. The molecule has 4 N–H and O–H groups in total. The van der Waals surface area contributed by atoms with E-state index in [1.807, 2.05) is 5.01 Å². The normalized spacial score (nSPS) is 28.0. The molecule has 1 aromatic carbocycles. The molecule has 168 valence electrons. The summed E-state index contributed by atoms with van der Waals surface area (Å²) in [6.45, 7) is 6.84. The van der Waals surface area contributed by atoms with Gasteiger partial charge in [-0.2, -0.15) is 0 Å². The molecule has 2 aliphatic heterocycles. The molecule has 5 nitrogen and oxygen atoms in total. The lowest BCUT2D eigenvalue weighted by Gasteiger charge is -2.42. The Kier molecular flexibility index (Phi) is 8.58. The first-order valence-electron chi connectivity index (χ1n) is 11.7. The van der Waals surface area contributed by atoms with Crippen LogP contribution >= 0.6 is 45.2 Å². The van der Waals surface area contributed by atoms with Crippen molar-refractivity contribution in [3.63, 3.8) is 0 Å². The topological polar surface area (TPSA) is 56.6 Å². The number of anilines is 1. The standard InChI is InChI=1S/C23H37I2N5/c1-16-22(24)14-20(15-23(16)25)28-18-4-2-17(3-5-18)27-19-6-10-29(11-7-19)21-8-12-30(26)13-9-21/h14-15,17-19,21,27-28H,2-13,26H2,1H3. The maximum atomic E-state index is 5.92. The third-order valence-corrected chi connectivity index (χ3v) is 9.64. The molecule has 3 aliphatic rings. The van der Waals surface area contributed by atoms with E-state index in [9.17, 15) is 0 Å². The van der Waals surface area contributed by atoms with Gasteiger partial charge in [-0.3, -0.25) is 5.84 Å². The van der Waals surface area contributed by atoms with E-state index in [4.69, 9.17) is 5.84 Å². The van der Waals surface area contributed by atoms with E-state index < -0.39 is 0 Å². The Morgan fingerprint density at radius 3 is 1.93 bits per heavy atom. The molecule has 2 saturated heterocycles. The fourth-order valence-electron chi connectivity index (χ4n) is 5.38. The van der Waals surface area contributed by atoms with E-state index in [1.54, 1.807) is 0 Å². The summed E-state index contributed by atoms with van der Waals surface area (Å²) >= 11 is 4.91. The average Bonchev–Trinajstić information content (AvgIpc) is 2.75. The molecule has 0 aromatic heterocycles. The van der Waals surface area contributed by atoms with Crippen molar-refractivity contribution >= 4 is 50.9 Å². The number of nitrogens with two attached hydrogens (primary N) is 1. The maximum absolute atomic E-state index is 5.92. The minimum absolute atomic E-state index is 0.618. The van der Waals surface area contributed by atoms with Gasteiger partial charge in [-0.15, -0.1) is 0 Å². The van der Waals surface area contributed by atoms with E-state index >= 15 is 0 Å². The van der Waals surface area contributed by atoms with E-state index in [0.717, 1.165) is 19.1 Å². The lowest BCUT2D eigenvalue weighted by atomic mass is 9.89. The van der Waals surface area contributed by atoms with E-state index in [1.165, 1.54) is 82.8 Å². The molecule has 0 unspecified atom stereocenters. The zero-order valence-electron chi connectivity index (χ0n) is 18.2. The highest BCUT2D eigenvalue weighted by atomic mass is 127. The van der Waals surface area contributed by atoms with Gasteiger partial charge in [0.15, 0.2) is 0 Å². The fourth-order valence-corrected chi connectivity index (χ4v) is 7.15. The zero-order valence-corrected chi connectivity index (χ0v) is 22.5. The van der Waals surface area contributed by atoms with Gasteiger partial charge in [0.1, 0.15) is 0 Å². The number of nitrogens with one attached hydrogen (secondary N) is 2. The van der Waals surface area contributed by atoms with Crippen LogP contribution in [0, 0.1) is 14.1 Å². The molecule has 2 heterocycles. The fraction of sp³-hybridized carbons (Fsp3) is 0.739.